The van der Waals surface area contributed by atoms with Crippen LogP contribution in [0.2, 0.25) is 0 Å². The Morgan fingerprint density at radius 1 is 0.875 bits per heavy atom. The second-order valence-corrected chi connectivity index (χ2v) is 6.37. The highest BCUT2D eigenvalue weighted by Crippen LogP contribution is 2.63. The molecule has 2 aliphatic rings. The van der Waals surface area contributed by atoms with Gasteiger partial charge in [-0.15, -0.1) is 0 Å². The molecule has 0 N–H and O–H groups in total. The zero-order valence-corrected chi connectivity index (χ0v) is 13.6. The van der Waals surface area contributed by atoms with E-state index in [1.807, 2.05) is 42.5 Å². The molecule has 24 heavy (non-hydrogen) atoms. The van der Waals surface area contributed by atoms with E-state index in [4.69, 9.17) is 9.47 Å². The van der Waals surface area contributed by atoms with Crippen LogP contribution >= 0.6 is 0 Å². The van der Waals surface area contributed by atoms with Crippen molar-refractivity contribution in [2.45, 2.75) is 18.3 Å². The fourth-order valence-electron chi connectivity index (χ4n) is 4.63. The van der Waals surface area contributed by atoms with Gasteiger partial charge >= 0.3 is 11.9 Å². The Balaban J connectivity index is 2.07. The van der Waals surface area contributed by atoms with Crippen molar-refractivity contribution in [1.29, 1.82) is 0 Å². The van der Waals surface area contributed by atoms with Gasteiger partial charge in [-0.2, -0.15) is 0 Å². The SMILES string of the molecule is COC(=O)C1(C(=O)OC)C2Cc3ccccc3C1c1ccccc12. The second-order valence-electron chi connectivity index (χ2n) is 6.37. The van der Waals surface area contributed by atoms with Crippen LogP contribution < -0.4 is 0 Å². The molecule has 2 aromatic carbocycles. The fourth-order valence-corrected chi connectivity index (χ4v) is 4.63. The van der Waals surface area contributed by atoms with Crippen molar-refractivity contribution in [3.63, 3.8) is 0 Å². The molecule has 0 aliphatic heterocycles. The minimum absolute atomic E-state index is 0.270. The van der Waals surface area contributed by atoms with Gasteiger partial charge in [0.2, 0.25) is 0 Å². The molecule has 0 spiro atoms. The summed E-state index contributed by atoms with van der Waals surface area (Å²) >= 11 is 0. The van der Waals surface area contributed by atoms with Crippen molar-refractivity contribution in [3.8, 4) is 0 Å². The van der Waals surface area contributed by atoms with Gasteiger partial charge < -0.3 is 9.47 Å². The van der Waals surface area contributed by atoms with E-state index in [1.54, 1.807) is 0 Å². The number of carbonyl (C=O) groups is 2. The van der Waals surface area contributed by atoms with E-state index in [-0.39, 0.29) is 11.8 Å². The van der Waals surface area contributed by atoms with Crippen LogP contribution in [0.15, 0.2) is 48.5 Å². The lowest BCUT2D eigenvalue weighted by Gasteiger charge is -2.40. The fraction of sp³-hybridized carbons (Fsp3) is 0.300. The number of rotatable bonds is 2. The number of carbonyl (C=O) groups excluding carboxylic acids is 2. The number of benzene rings is 2. The zero-order chi connectivity index (χ0) is 16.9. The Morgan fingerprint density at radius 2 is 1.42 bits per heavy atom. The molecule has 2 unspecified atom stereocenters. The maximum atomic E-state index is 12.9. The Labute approximate surface area is 140 Å². The van der Waals surface area contributed by atoms with Crippen molar-refractivity contribution < 1.29 is 19.1 Å². The average molecular weight is 322 g/mol. The van der Waals surface area contributed by atoms with Gasteiger partial charge in [0.1, 0.15) is 0 Å². The monoisotopic (exact) mass is 322 g/mol. The molecule has 2 atom stereocenters. The number of hydrogen-bond donors (Lipinski definition) is 0. The predicted molar refractivity (Wildman–Crippen MR) is 87.6 cm³/mol. The topological polar surface area (TPSA) is 52.6 Å². The largest absolute Gasteiger partial charge is 0.468 e. The lowest BCUT2D eigenvalue weighted by atomic mass is 9.61. The summed E-state index contributed by atoms with van der Waals surface area (Å²) in [5.41, 5.74) is 2.89. The molecule has 0 fully saturated rings. The van der Waals surface area contributed by atoms with Crippen LogP contribution in [0.25, 0.3) is 0 Å². The van der Waals surface area contributed by atoms with Crippen LogP contribution in [-0.4, -0.2) is 26.2 Å². The minimum Gasteiger partial charge on any atom is -0.468 e. The van der Waals surface area contributed by atoms with Crippen LogP contribution in [-0.2, 0) is 25.5 Å². The molecule has 122 valence electrons. The maximum Gasteiger partial charge on any atom is 0.324 e. The molecule has 0 saturated heterocycles. The lowest BCUT2D eigenvalue weighted by molar-refractivity contribution is -0.172. The molecule has 0 saturated carbocycles. The van der Waals surface area contributed by atoms with Crippen molar-refractivity contribution in [3.05, 3.63) is 70.8 Å². The summed E-state index contributed by atoms with van der Waals surface area (Å²) in [5, 5.41) is 0. The summed E-state index contributed by atoms with van der Waals surface area (Å²) in [5.74, 6) is -1.68. The highest BCUT2D eigenvalue weighted by molar-refractivity contribution is 6.05. The Kier molecular flexibility index (Phi) is 3.23. The zero-order valence-electron chi connectivity index (χ0n) is 13.6. The summed E-state index contributed by atoms with van der Waals surface area (Å²) in [6.07, 6.45) is 0.619. The standard InChI is InChI=1S/C20H18O4/c1-23-18(21)20(19(22)24-2)16-11-12-7-3-4-8-13(12)17(20)15-10-6-5-9-14(15)16/h3-10,16-17H,11H2,1-2H3. The summed E-state index contributed by atoms with van der Waals surface area (Å²) in [6.45, 7) is 0. The van der Waals surface area contributed by atoms with Gasteiger partial charge in [0.15, 0.2) is 5.41 Å². The van der Waals surface area contributed by atoms with Gasteiger partial charge in [-0.3, -0.25) is 9.59 Å². The molecular weight excluding hydrogens is 304 g/mol. The molecule has 0 heterocycles. The van der Waals surface area contributed by atoms with Crippen LogP contribution in [0.4, 0.5) is 0 Å². The molecule has 0 aromatic heterocycles. The van der Waals surface area contributed by atoms with Crippen LogP contribution in [0, 0.1) is 5.41 Å². The summed E-state index contributed by atoms with van der Waals surface area (Å²) in [4.78, 5) is 25.8. The van der Waals surface area contributed by atoms with Crippen LogP contribution in [0.3, 0.4) is 0 Å². The molecule has 2 bridgehead atoms. The third-order valence-corrected chi connectivity index (χ3v) is 5.52. The highest BCUT2D eigenvalue weighted by atomic mass is 16.5. The quantitative estimate of drug-likeness (QED) is 0.630. The van der Waals surface area contributed by atoms with E-state index >= 15 is 0 Å². The Hall–Kier alpha value is -2.62. The van der Waals surface area contributed by atoms with Crippen molar-refractivity contribution >= 4 is 11.9 Å². The molecule has 0 radical (unpaired) electrons. The molecule has 2 aliphatic carbocycles. The van der Waals surface area contributed by atoms with E-state index in [1.165, 1.54) is 19.8 Å². The van der Waals surface area contributed by atoms with Crippen molar-refractivity contribution in [1.82, 2.24) is 0 Å². The Morgan fingerprint density at radius 3 is 2.04 bits per heavy atom. The number of esters is 2. The summed E-state index contributed by atoms with van der Waals surface area (Å²) in [6, 6.07) is 15.9. The molecule has 2 aromatic rings. The van der Waals surface area contributed by atoms with Gasteiger partial charge in [-0.05, 0) is 28.7 Å². The molecule has 4 heteroatoms. The third-order valence-electron chi connectivity index (χ3n) is 5.52. The van der Waals surface area contributed by atoms with E-state index in [2.05, 4.69) is 6.07 Å². The second kappa shape index (κ2) is 5.20. The van der Waals surface area contributed by atoms with Crippen LogP contribution in [0.5, 0.6) is 0 Å². The van der Waals surface area contributed by atoms with Gasteiger partial charge in [-0.1, -0.05) is 48.5 Å². The van der Waals surface area contributed by atoms with Gasteiger partial charge in [0, 0.05) is 11.8 Å². The first-order chi connectivity index (χ1) is 11.7. The first kappa shape index (κ1) is 14.9. The van der Waals surface area contributed by atoms with Crippen molar-refractivity contribution in [2.24, 2.45) is 5.41 Å². The predicted octanol–water partition coefficient (Wildman–Crippen LogP) is 2.80. The normalized spacial score (nSPS) is 22.2. The first-order valence-corrected chi connectivity index (χ1v) is 7.99. The van der Waals surface area contributed by atoms with Gasteiger partial charge in [0.05, 0.1) is 14.2 Å². The van der Waals surface area contributed by atoms with E-state index in [9.17, 15) is 9.59 Å². The molecular formula is C20H18O4. The van der Waals surface area contributed by atoms with E-state index < -0.39 is 17.4 Å². The van der Waals surface area contributed by atoms with Gasteiger partial charge in [0.25, 0.3) is 0 Å². The average Bonchev–Trinajstić information content (AvgIpc) is 2.83. The van der Waals surface area contributed by atoms with Gasteiger partial charge in [-0.25, -0.2) is 0 Å². The first-order valence-electron chi connectivity index (χ1n) is 7.99. The smallest absolute Gasteiger partial charge is 0.324 e. The lowest BCUT2D eigenvalue weighted by Crippen LogP contribution is -2.50. The van der Waals surface area contributed by atoms with Crippen LogP contribution in [0.1, 0.15) is 34.1 Å². The summed E-state index contributed by atoms with van der Waals surface area (Å²) < 4.78 is 10.2. The molecule has 4 nitrogen and oxygen atoms in total. The van der Waals surface area contributed by atoms with E-state index in [0.29, 0.717) is 6.42 Å². The number of ether oxygens (including phenoxy) is 2. The number of fused-ring (bicyclic) bond motifs is 7. The van der Waals surface area contributed by atoms with E-state index in [0.717, 1.165) is 16.7 Å². The van der Waals surface area contributed by atoms with Crippen molar-refractivity contribution in [2.75, 3.05) is 14.2 Å². The summed E-state index contributed by atoms with van der Waals surface area (Å²) in [7, 11) is 2.66. The third kappa shape index (κ3) is 1.63. The number of methoxy groups -OCH3 is 2. The minimum atomic E-state index is -1.35. The molecule has 0 amide bonds. The highest BCUT2D eigenvalue weighted by Gasteiger charge is 2.67. The number of hydrogen-bond acceptors (Lipinski definition) is 4. The molecule has 4 rings (SSSR count). The Bertz CT molecular complexity index is 812. The maximum absolute atomic E-state index is 12.9.